The quantitative estimate of drug-likeness (QED) is 0.360. The number of hydrogen-bond acceptors (Lipinski definition) is 5. The Morgan fingerprint density at radius 3 is 2.59 bits per heavy atom. The molecule has 5 heteroatoms. The third-order valence-corrected chi connectivity index (χ3v) is 10.6. The largest absolute Gasteiger partial charge is 0.465 e. The molecular formula is C29H48O5. The molecule has 3 saturated carbocycles. The summed E-state index contributed by atoms with van der Waals surface area (Å²) in [5, 5.41) is 33.2. The van der Waals surface area contributed by atoms with Gasteiger partial charge < -0.3 is 20.1 Å². The minimum absolute atomic E-state index is 0.0135. The van der Waals surface area contributed by atoms with E-state index in [1.54, 1.807) is 0 Å². The maximum absolute atomic E-state index is 11.9. The van der Waals surface area contributed by atoms with E-state index in [4.69, 9.17) is 4.74 Å². The highest BCUT2D eigenvalue weighted by molar-refractivity contribution is 5.66. The fourth-order valence-electron chi connectivity index (χ4n) is 9.06. The Morgan fingerprint density at radius 1 is 1.18 bits per heavy atom. The van der Waals surface area contributed by atoms with E-state index in [9.17, 15) is 20.1 Å². The standard InChI is InChI=1S/C29H48O5/c1-17(2)7-6-8-18(3)23-11-12-24-22-10-9-20-13-21(31)14-26(33)28(20,5)27(22)25(32)15-29(23,24)16-34-19(4)30/h9,17-18,21-27,31-33H,6-8,10-16H2,1-5H3. The lowest BCUT2D eigenvalue weighted by Crippen LogP contribution is -2.61. The zero-order valence-corrected chi connectivity index (χ0v) is 22.0. The molecule has 34 heavy (non-hydrogen) atoms. The summed E-state index contributed by atoms with van der Waals surface area (Å²) >= 11 is 0. The van der Waals surface area contributed by atoms with E-state index in [2.05, 4.69) is 33.8 Å². The number of esters is 1. The zero-order valence-electron chi connectivity index (χ0n) is 22.0. The Hall–Kier alpha value is -0.910. The third kappa shape index (κ3) is 4.39. The van der Waals surface area contributed by atoms with Crippen molar-refractivity contribution in [2.45, 2.75) is 111 Å². The molecule has 194 valence electrons. The van der Waals surface area contributed by atoms with Crippen LogP contribution in [0.1, 0.15) is 92.4 Å². The fourth-order valence-corrected chi connectivity index (χ4v) is 9.06. The molecule has 10 unspecified atom stereocenters. The van der Waals surface area contributed by atoms with Crippen molar-refractivity contribution in [3.05, 3.63) is 11.6 Å². The number of hydrogen-bond donors (Lipinski definition) is 3. The molecule has 0 heterocycles. The number of carbonyl (C=O) groups is 1. The molecule has 10 atom stereocenters. The van der Waals surface area contributed by atoms with Gasteiger partial charge in [0.15, 0.2) is 0 Å². The lowest BCUT2D eigenvalue weighted by atomic mass is 9.45. The Balaban J connectivity index is 1.65. The molecule has 5 nitrogen and oxygen atoms in total. The van der Waals surface area contributed by atoms with E-state index in [0.29, 0.717) is 49.5 Å². The van der Waals surface area contributed by atoms with Crippen LogP contribution in [-0.4, -0.2) is 46.2 Å². The Morgan fingerprint density at radius 2 is 1.91 bits per heavy atom. The van der Waals surface area contributed by atoms with Gasteiger partial charge in [0.2, 0.25) is 0 Å². The monoisotopic (exact) mass is 476 g/mol. The van der Waals surface area contributed by atoms with Crippen molar-refractivity contribution in [1.82, 2.24) is 0 Å². The van der Waals surface area contributed by atoms with E-state index in [-0.39, 0.29) is 23.2 Å². The van der Waals surface area contributed by atoms with Gasteiger partial charge in [0.05, 0.1) is 24.9 Å². The van der Waals surface area contributed by atoms with Gasteiger partial charge in [0.25, 0.3) is 0 Å². The van der Waals surface area contributed by atoms with Crippen LogP contribution in [0, 0.1) is 46.3 Å². The molecule has 0 saturated heterocycles. The van der Waals surface area contributed by atoms with Crippen molar-refractivity contribution in [2.75, 3.05) is 6.61 Å². The molecule has 4 rings (SSSR count). The summed E-state index contributed by atoms with van der Waals surface area (Å²) < 4.78 is 5.76. The lowest BCUT2D eigenvalue weighted by molar-refractivity contribution is -0.182. The summed E-state index contributed by atoms with van der Waals surface area (Å²) in [5.41, 5.74) is 0.448. The second-order valence-corrected chi connectivity index (χ2v) is 12.9. The van der Waals surface area contributed by atoms with Crippen LogP contribution in [0.4, 0.5) is 0 Å². The van der Waals surface area contributed by atoms with Crippen LogP contribution in [0.2, 0.25) is 0 Å². The predicted octanol–water partition coefficient (Wildman–Crippen LogP) is 4.87. The maximum Gasteiger partial charge on any atom is 0.302 e. The first-order valence-corrected chi connectivity index (χ1v) is 13.9. The van der Waals surface area contributed by atoms with Crippen molar-refractivity contribution >= 4 is 5.97 Å². The molecule has 3 fully saturated rings. The normalized spacial score (nSPS) is 44.6. The molecule has 0 aliphatic heterocycles. The van der Waals surface area contributed by atoms with E-state index in [1.807, 2.05) is 0 Å². The number of allylic oxidation sites excluding steroid dienone is 1. The second kappa shape index (κ2) is 9.86. The Kier molecular flexibility index (Phi) is 7.59. The van der Waals surface area contributed by atoms with Crippen LogP contribution in [0.25, 0.3) is 0 Å². The summed E-state index contributed by atoms with van der Waals surface area (Å²) in [5.74, 6) is 2.08. The number of carbonyl (C=O) groups excluding carboxylic acids is 1. The van der Waals surface area contributed by atoms with Gasteiger partial charge >= 0.3 is 5.97 Å². The summed E-state index contributed by atoms with van der Waals surface area (Å²) in [6.45, 7) is 10.9. The van der Waals surface area contributed by atoms with Gasteiger partial charge in [-0.3, -0.25) is 4.79 Å². The summed E-state index contributed by atoms with van der Waals surface area (Å²) in [4.78, 5) is 11.9. The van der Waals surface area contributed by atoms with Crippen molar-refractivity contribution in [2.24, 2.45) is 46.3 Å². The Bertz CT molecular complexity index is 776. The van der Waals surface area contributed by atoms with Crippen LogP contribution >= 0.6 is 0 Å². The highest BCUT2D eigenvalue weighted by atomic mass is 16.5. The number of rotatable bonds is 7. The van der Waals surface area contributed by atoms with Crippen molar-refractivity contribution in [3.63, 3.8) is 0 Å². The number of aliphatic hydroxyl groups is 3. The maximum atomic E-state index is 11.9. The minimum atomic E-state index is -0.641. The average Bonchev–Trinajstić information content (AvgIpc) is 3.12. The number of fused-ring (bicyclic) bond motifs is 5. The number of aliphatic hydroxyl groups excluding tert-OH is 3. The van der Waals surface area contributed by atoms with Gasteiger partial charge in [-0.25, -0.2) is 0 Å². The van der Waals surface area contributed by atoms with Gasteiger partial charge in [-0.2, -0.15) is 0 Å². The highest BCUT2D eigenvalue weighted by Crippen LogP contribution is 2.67. The van der Waals surface area contributed by atoms with Crippen molar-refractivity contribution in [3.8, 4) is 0 Å². The summed E-state index contributed by atoms with van der Waals surface area (Å²) in [6.07, 6.45) is 8.94. The van der Waals surface area contributed by atoms with Gasteiger partial charge in [0, 0.05) is 24.2 Å². The zero-order chi connectivity index (χ0) is 24.8. The van der Waals surface area contributed by atoms with Crippen LogP contribution < -0.4 is 0 Å². The third-order valence-electron chi connectivity index (χ3n) is 10.6. The molecule has 0 spiro atoms. The average molecular weight is 477 g/mol. The first kappa shape index (κ1) is 26.2. The minimum Gasteiger partial charge on any atom is -0.465 e. The molecule has 3 N–H and O–H groups in total. The van der Waals surface area contributed by atoms with Crippen LogP contribution in [0.5, 0.6) is 0 Å². The van der Waals surface area contributed by atoms with Gasteiger partial charge in [-0.05, 0) is 67.6 Å². The van der Waals surface area contributed by atoms with Crippen molar-refractivity contribution in [1.29, 1.82) is 0 Å². The molecule has 0 bridgehead atoms. The number of ether oxygens (including phenoxy) is 1. The molecular weight excluding hydrogens is 428 g/mol. The van der Waals surface area contributed by atoms with Gasteiger partial charge in [-0.1, -0.05) is 58.6 Å². The van der Waals surface area contributed by atoms with Crippen LogP contribution in [-0.2, 0) is 9.53 Å². The summed E-state index contributed by atoms with van der Waals surface area (Å²) in [7, 11) is 0. The molecule has 0 aromatic heterocycles. The molecule has 0 radical (unpaired) electrons. The molecule has 4 aliphatic rings. The van der Waals surface area contributed by atoms with Gasteiger partial charge in [0.1, 0.15) is 0 Å². The van der Waals surface area contributed by atoms with E-state index in [0.717, 1.165) is 24.8 Å². The van der Waals surface area contributed by atoms with E-state index >= 15 is 0 Å². The summed E-state index contributed by atoms with van der Waals surface area (Å²) in [6, 6.07) is 0. The fraction of sp³-hybridized carbons (Fsp3) is 0.897. The van der Waals surface area contributed by atoms with Crippen LogP contribution in [0.15, 0.2) is 11.6 Å². The molecule has 0 aromatic rings. The Labute approximate surface area is 206 Å². The molecule has 0 amide bonds. The second-order valence-electron chi connectivity index (χ2n) is 12.9. The van der Waals surface area contributed by atoms with Crippen LogP contribution in [0.3, 0.4) is 0 Å². The smallest absolute Gasteiger partial charge is 0.302 e. The first-order chi connectivity index (χ1) is 16.0. The lowest BCUT2D eigenvalue weighted by Gasteiger charge is -2.61. The first-order valence-electron chi connectivity index (χ1n) is 13.9. The van der Waals surface area contributed by atoms with Gasteiger partial charge in [-0.15, -0.1) is 0 Å². The molecule has 4 aliphatic carbocycles. The van der Waals surface area contributed by atoms with E-state index in [1.165, 1.54) is 26.2 Å². The van der Waals surface area contributed by atoms with Crippen molar-refractivity contribution < 1.29 is 24.9 Å². The highest BCUT2D eigenvalue weighted by Gasteiger charge is 2.65. The molecule has 0 aromatic carbocycles. The predicted molar refractivity (Wildman–Crippen MR) is 133 cm³/mol. The van der Waals surface area contributed by atoms with E-state index < -0.39 is 23.7 Å². The SMILES string of the molecule is CC(=O)OCC12CC(O)C3C(CC=C4CC(O)CC(O)C43C)C1CCC2C(C)CCCC(C)C. The topological polar surface area (TPSA) is 87.0 Å².